The number of hydrogen-bond acceptors (Lipinski definition) is 3. The zero-order valence-electron chi connectivity index (χ0n) is 12.8. The number of amides is 1. The van der Waals surface area contributed by atoms with Crippen LogP contribution in [-0.2, 0) is 15.7 Å². The van der Waals surface area contributed by atoms with Gasteiger partial charge in [-0.05, 0) is 38.0 Å². The summed E-state index contributed by atoms with van der Waals surface area (Å²) in [6.07, 6.45) is -4.32. The van der Waals surface area contributed by atoms with Gasteiger partial charge in [-0.15, -0.1) is 0 Å². The smallest absolute Gasteiger partial charge is 0.369 e. The first kappa shape index (κ1) is 18.0. The number of nitriles is 1. The Morgan fingerprint density at radius 1 is 1.41 bits per heavy atom. The number of halogens is 3. The summed E-state index contributed by atoms with van der Waals surface area (Å²) in [4.78, 5) is 12.2. The van der Waals surface area contributed by atoms with Crippen LogP contribution in [0.25, 0.3) is 0 Å². The number of ether oxygens (including phenoxy) is 1. The number of carbonyl (C=O) groups excluding carboxylic acids is 1. The lowest BCUT2D eigenvalue weighted by Crippen LogP contribution is -2.41. The fourth-order valence-corrected chi connectivity index (χ4v) is 1.96. The number of benzene rings is 1. The Balaban J connectivity index is 3.30. The predicted molar refractivity (Wildman–Crippen MR) is 75.2 cm³/mol. The molecule has 0 aromatic heterocycles. The summed E-state index contributed by atoms with van der Waals surface area (Å²) in [7, 11) is 1.36. The SMILES string of the molecule is CCC(C)(OC)C(=O)Nc1ccc(C#N)c(C(F)(F)F)c1C. The minimum atomic E-state index is -4.68. The minimum Gasteiger partial charge on any atom is -0.369 e. The highest BCUT2D eigenvalue weighted by atomic mass is 19.4. The van der Waals surface area contributed by atoms with E-state index >= 15 is 0 Å². The van der Waals surface area contributed by atoms with Gasteiger partial charge < -0.3 is 10.1 Å². The molecule has 0 aliphatic heterocycles. The van der Waals surface area contributed by atoms with E-state index in [1.807, 2.05) is 0 Å². The molecule has 1 aromatic rings. The molecule has 1 amide bonds. The molecule has 1 N–H and O–H groups in total. The summed E-state index contributed by atoms with van der Waals surface area (Å²) in [6, 6.07) is 3.85. The number of anilines is 1. The predicted octanol–water partition coefficient (Wildman–Crippen LogP) is 3.64. The van der Waals surface area contributed by atoms with E-state index in [0.717, 1.165) is 6.07 Å². The van der Waals surface area contributed by atoms with Crippen molar-refractivity contribution in [2.45, 2.75) is 39.0 Å². The molecule has 0 saturated heterocycles. The number of nitrogens with one attached hydrogen (secondary N) is 1. The summed E-state index contributed by atoms with van der Waals surface area (Å²) < 4.78 is 44.4. The van der Waals surface area contributed by atoms with Gasteiger partial charge in [0.05, 0.1) is 17.2 Å². The van der Waals surface area contributed by atoms with E-state index in [0.29, 0.717) is 6.42 Å². The number of rotatable bonds is 4. The van der Waals surface area contributed by atoms with Crippen LogP contribution in [0.3, 0.4) is 0 Å². The van der Waals surface area contributed by atoms with Gasteiger partial charge in [-0.1, -0.05) is 6.92 Å². The summed E-state index contributed by atoms with van der Waals surface area (Å²) in [5.41, 5.74) is -2.85. The van der Waals surface area contributed by atoms with Gasteiger partial charge in [0, 0.05) is 12.8 Å². The number of nitrogens with zero attached hydrogens (tertiary/aromatic N) is 1. The Morgan fingerprint density at radius 2 is 2.00 bits per heavy atom. The lowest BCUT2D eigenvalue weighted by molar-refractivity contribution is -0.138. The maximum Gasteiger partial charge on any atom is 0.418 e. The van der Waals surface area contributed by atoms with E-state index < -0.39 is 28.8 Å². The normalized spacial score (nSPS) is 14.1. The number of carbonyl (C=O) groups is 1. The average Bonchev–Trinajstić information content (AvgIpc) is 2.46. The fourth-order valence-electron chi connectivity index (χ4n) is 1.96. The van der Waals surface area contributed by atoms with Crippen LogP contribution in [0.2, 0.25) is 0 Å². The van der Waals surface area contributed by atoms with Gasteiger partial charge in [0.25, 0.3) is 5.91 Å². The summed E-state index contributed by atoms with van der Waals surface area (Å²) in [6.45, 7) is 4.50. The van der Waals surface area contributed by atoms with Crippen molar-refractivity contribution in [3.8, 4) is 6.07 Å². The van der Waals surface area contributed by atoms with Gasteiger partial charge in [-0.2, -0.15) is 18.4 Å². The topological polar surface area (TPSA) is 62.1 Å². The molecular formula is C15H17F3N2O2. The van der Waals surface area contributed by atoms with Crippen molar-refractivity contribution >= 4 is 11.6 Å². The molecule has 1 aromatic carbocycles. The van der Waals surface area contributed by atoms with Gasteiger partial charge in [0.2, 0.25) is 0 Å². The van der Waals surface area contributed by atoms with Crippen molar-refractivity contribution in [2.24, 2.45) is 0 Å². The highest BCUT2D eigenvalue weighted by molar-refractivity contribution is 5.97. The molecule has 1 rings (SSSR count). The first-order valence-corrected chi connectivity index (χ1v) is 6.58. The Kier molecular flexibility index (Phi) is 5.20. The second kappa shape index (κ2) is 6.36. The van der Waals surface area contributed by atoms with Gasteiger partial charge in [0.15, 0.2) is 0 Å². The molecule has 0 aliphatic carbocycles. The second-order valence-electron chi connectivity index (χ2n) is 5.01. The van der Waals surface area contributed by atoms with Crippen molar-refractivity contribution in [1.82, 2.24) is 0 Å². The minimum absolute atomic E-state index is 0.00745. The first-order chi connectivity index (χ1) is 10.1. The maximum absolute atomic E-state index is 13.1. The van der Waals surface area contributed by atoms with Crippen LogP contribution in [0.5, 0.6) is 0 Å². The standard InChI is InChI=1S/C15H17F3N2O2/c1-5-14(3,22-4)13(21)20-11-7-6-10(8-19)12(9(11)2)15(16,17)18/h6-7H,5H2,1-4H3,(H,20,21). The summed E-state index contributed by atoms with van der Waals surface area (Å²) in [5.74, 6) is -0.543. The number of alkyl halides is 3. The van der Waals surface area contributed by atoms with Crippen LogP contribution in [0.15, 0.2) is 12.1 Å². The number of methoxy groups -OCH3 is 1. The molecule has 120 valence electrons. The van der Waals surface area contributed by atoms with Crippen LogP contribution >= 0.6 is 0 Å². The third-order valence-corrected chi connectivity index (χ3v) is 3.72. The average molecular weight is 314 g/mol. The maximum atomic E-state index is 13.1. The molecule has 0 aliphatic rings. The van der Waals surface area contributed by atoms with Crippen LogP contribution in [-0.4, -0.2) is 18.6 Å². The lowest BCUT2D eigenvalue weighted by Gasteiger charge is -2.26. The Labute approximate surface area is 126 Å². The summed E-state index contributed by atoms with van der Waals surface area (Å²) in [5, 5.41) is 11.3. The second-order valence-corrected chi connectivity index (χ2v) is 5.01. The third kappa shape index (κ3) is 3.39. The monoisotopic (exact) mass is 314 g/mol. The molecular weight excluding hydrogens is 297 g/mol. The molecule has 0 saturated carbocycles. The molecule has 0 bridgehead atoms. The molecule has 22 heavy (non-hydrogen) atoms. The Hall–Kier alpha value is -2.07. The first-order valence-electron chi connectivity index (χ1n) is 6.58. The van der Waals surface area contributed by atoms with E-state index in [2.05, 4.69) is 5.32 Å². The molecule has 7 heteroatoms. The molecule has 0 spiro atoms. The quantitative estimate of drug-likeness (QED) is 0.923. The zero-order chi connectivity index (χ0) is 17.1. The van der Waals surface area contributed by atoms with Gasteiger partial charge >= 0.3 is 6.18 Å². The Bertz CT molecular complexity index is 614. The van der Waals surface area contributed by atoms with E-state index in [9.17, 15) is 18.0 Å². The van der Waals surface area contributed by atoms with Gasteiger partial charge in [0.1, 0.15) is 5.60 Å². The van der Waals surface area contributed by atoms with E-state index in [1.54, 1.807) is 13.8 Å². The molecule has 1 atom stereocenters. The highest BCUT2D eigenvalue weighted by Crippen LogP contribution is 2.37. The van der Waals surface area contributed by atoms with Crippen molar-refractivity contribution < 1.29 is 22.7 Å². The zero-order valence-corrected chi connectivity index (χ0v) is 12.8. The van der Waals surface area contributed by atoms with Crippen LogP contribution in [0, 0.1) is 18.3 Å². The summed E-state index contributed by atoms with van der Waals surface area (Å²) >= 11 is 0. The fraction of sp³-hybridized carbons (Fsp3) is 0.467. The van der Waals surface area contributed by atoms with Crippen molar-refractivity contribution in [3.63, 3.8) is 0 Å². The van der Waals surface area contributed by atoms with Crippen LogP contribution < -0.4 is 5.32 Å². The molecule has 0 radical (unpaired) electrons. The number of hydrogen-bond donors (Lipinski definition) is 1. The third-order valence-electron chi connectivity index (χ3n) is 3.72. The van der Waals surface area contributed by atoms with E-state index in [1.165, 1.54) is 26.2 Å². The van der Waals surface area contributed by atoms with E-state index in [-0.39, 0.29) is 11.3 Å². The van der Waals surface area contributed by atoms with Gasteiger partial charge in [-0.25, -0.2) is 0 Å². The van der Waals surface area contributed by atoms with E-state index in [4.69, 9.17) is 10.00 Å². The van der Waals surface area contributed by atoms with Crippen LogP contribution in [0.4, 0.5) is 18.9 Å². The molecule has 4 nitrogen and oxygen atoms in total. The largest absolute Gasteiger partial charge is 0.418 e. The Morgan fingerprint density at radius 3 is 2.41 bits per heavy atom. The van der Waals surface area contributed by atoms with Gasteiger partial charge in [-0.3, -0.25) is 4.79 Å². The lowest BCUT2D eigenvalue weighted by atomic mass is 9.98. The highest BCUT2D eigenvalue weighted by Gasteiger charge is 2.37. The van der Waals surface area contributed by atoms with Crippen molar-refractivity contribution in [2.75, 3.05) is 12.4 Å². The molecule has 1 unspecified atom stereocenters. The van der Waals surface area contributed by atoms with Crippen molar-refractivity contribution in [1.29, 1.82) is 5.26 Å². The molecule has 0 fully saturated rings. The van der Waals surface area contributed by atoms with Crippen molar-refractivity contribution in [3.05, 3.63) is 28.8 Å². The van der Waals surface area contributed by atoms with Crippen LogP contribution in [0.1, 0.15) is 37.0 Å². The molecule has 0 heterocycles.